The summed E-state index contributed by atoms with van der Waals surface area (Å²) in [4.78, 5) is 29.3. The second kappa shape index (κ2) is 6.83. The molecule has 4 aromatic rings. The molecule has 0 fully saturated rings. The van der Waals surface area contributed by atoms with Crippen LogP contribution in [0.15, 0.2) is 51.9 Å². The smallest absolute Gasteiger partial charge is 0.276 e. The first-order valence-corrected chi connectivity index (χ1v) is 9.32. The van der Waals surface area contributed by atoms with E-state index in [2.05, 4.69) is 31.3 Å². The topological polar surface area (TPSA) is 79.8 Å². The van der Waals surface area contributed by atoms with E-state index in [1.165, 1.54) is 10.9 Å². The number of pyridine rings is 1. The Morgan fingerprint density at radius 2 is 2.07 bits per heavy atom. The number of nitrogens with one attached hydrogen (secondary N) is 2. The molecule has 0 aliphatic rings. The summed E-state index contributed by atoms with van der Waals surface area (Å²) in [6.07, 6.45) is 1.51. The van der Waals surface area contributed by atoms with Crippen LogP contribution in [0.3, 0.4) is 0 Å². The molecule has 0 spiro atoms. The third kappa shape index (κ3) is 3.36. The molecule has 27 heavy (non-hydrogen) atoms. The lowest BCUT2D eigenvalue weighted by Crippen LogP contribution is -2.26. The van der Waals surface area contributed by atoms with Gasteiger partial charge in [-0.15, -0.1) is 0 Å². The van der Waals surface area contributed by atoms with E-state index < -0.39 is 0 Å². The number of hydrogen-bond donors (Lipinski definition) is 2. The summed E-state index contributed by atoms with van der Waals surface area (Å²) in [5, 5.41) is 7.50. The quantitative estimate of drug-likeness (QED) is 0.495. The summed E-state index contributed by atoms with van der Waals surface area (Å²) >= 11 is 9.50. The molecule has 2 heterocycles. The molecule has 0 saturated heterocycles. The van der Waals surface area contributed by atoms with Gasteiger partial charge in [0, 0.05) is 21.1 Å². The van der Waals surface area contributed by atoms with Crippen LogP contribution in [-0.4, -0.2) is 20.7 Å². The standard InChI is InChI=1S/C19H14BrClN4O2/c1-10-2-4-16(14(20)6-10)23-17(26)9-25-19(27)13-8-22-15-5-3-11(21)7-12(15)18(13)24-25/h2-8,24H,9H2,1H3,(H,23,26). The SMILES string of the molecule is Cc1ccc(NC(=O)Cn2[nH]c3c(cnc4ccc(Cl)cc43)c2=O)c(Br)c1. The summed E-state index contributed by atoms with van der Waals surface area (Å²) in [6.45, 7) is 1.82. The zero-order chi connectivity index (χ0) is 19.1. The van der Waals surface area contributed by atoms with Crippen molar-refractivity contribution in [2.45, 2.75) is 13.5 Å². The Balaban J connectivity index is 1.68. The van der Waals surface area contributed by atoms with E-state index in [1.54, 1.807) is 18.2 Å². The third-order valence-corrected chi connectivity index (χ3v) is 5.14. The number of hydrogen-bond acceptors (Lipinski definition) is 3. The molecule has 2 aromatic heterocycles. The number of anilines is 1. The summed E-state index contributed by atoms with van der Waals surface area (Å²) in [5.41, 5.74) is 2.74. The number of aromatic amines is 1. The Labute approximate surface area is 167 Å². The number of carbonyl (C=O) groups is 1. The van der Waals surface area contributed by atoms with E-state index in [9.17, 15) is 9.59 Å². The number of benzene rings is 2. The molecule has 2 aromatic carbocycles. The van der Waals surface area contributed by atoms with Crippen molar-refractivity contribution in [1.29, 1.82) is 0 Å². The van der Waals surface area contributed by atoms with Gasteiger partial charge in [0.15, 0.2) is 0 Å². The van der Waals surface area contributed by atoms with Crippen LogP contribution < -0.4 is 10.9 Å². The minimum atomic E-state index is -0.316. The average molecular weight is 446 g/mol. The lowest BCUT2D eigenvalue weighted by molar-refractivity contribution is -0.116. The van der Waals surface area contributed by atoms with Gasteiger partial charge < -0.3 is 5.32 Å². The lowest BCUT2D eigenvalue weighted by Gasteiger charge is -2.08. The molecule has 0 bridgehead atoms. The van der Waals surface area contributed by atoms with Gasteiger partial charge in [0.25, 0.3) is 5.56 Å². The Hall–Kier alpha value is -2.64. The molecule has 8 heteroatoms. The van der Waals surface area contributed by atoms with Crippen LogP contribution in [0.1, 0.15) is 5.56 Å². The Morgan fingerprint density at radius 1 is 1.26 bits per heavy atom. The van der Waals surface area contributed by atoms with Crippen molar-refractivity contribution >= 4 is 60.9 Å². The number of aryl methyl sites for hydroxylation is 1. The zero-order valence-electron chi connectivity index (χ0n) is 14.2. The molecular formula is C19H14BrClN4O2. The van der Waals surface area contributed by atoms with Gasteiger partial charge in [-0.25, -0.2) is 4.68 Å². The highest BCUT2D eigenvalue weighted by molar-refractivity contribution is 9.10. The molecule has 0 aliphatic heterocycles. The molecule has 4 rings (SSSR count). The average Bonchev–Trinajstić information content (AvgIpc) is 2.94. The predicted octanol–water partition coefficient (Wildman–Crippen LogP) is 4.24. The van der Waals surface area contributed by atoms with Crippen LogP contribution in [0, 0.1) is 6.92 Å². The van der Waals surface area contributed by atoms with Crippen molar-refractivity contribution in [2.75, 3.05) is 5.32 Å². The number of H-pyrrole nitrogens is 1. The number of amides is 1. The Bertz CT molecular complexity index is 1260. The Kier molecular flexibility index (Phi) is 4.49. The van der Waals surface area contributed by atoms with Crippen LogP contribution >= 0.6 is 27.5 Å². The van der Waals surface area contributed by atoms with Crippen molar-refractivity contribution in [3.8, 4) is 0 Å². The fourth-order valence-corrected chi connectivity index (χ4v) is 3.71. The number of rotatable bonds is 3. The predicted molar refractivity (Wildman–Crippen MR) is 110 cm³/mol. The van der Waals surface area contributed by atoms with Crippen LogP contribution in [-0.2, 0) is 11.3 Å². The molecule has 6 nitrogen and oxygen atoms in total. The van der Waals surface area contributed by atoms with E-state index >= 15 is 0 Å². The fourth-order valence-electron chi connectivity index (χ4n) is 2.94. The second-order valence-electron chi connectivity index (χ2n) is 6.24. The highest BCUT2D eigenvalue weighted by atomic mass is 79.9. The van der Waals surface area contributed by atoms with Crippen LogP contribution in [0.4, 0.5) is 5.69 Å². The van der Waals surface area contributed by atoms with E-state index in [4.69, 9.17) is 11.6 Å². The molecule has 0 aliphatic carbocycles. The number of fused-ring (bicyclic) bond motifs is 3. The van der Waals surface area contributed by atoms with Gasteiger partial charge in [-0.2, -0.15) is 0 Å². The molecule has 0 saturated carbocycles. The van der Waals surface area contributed by atoms with Gasteiger partial charge in [-0.1, -0.05) is 17.7 Å². The van der Waals surface area contributed by atoms with Gasteiger partial charge in [0.1, 0.15) is 6.54 Å². The first-order chi connectivity index (χ1) is 12.9. The van der Waals surface area contributed by atoms with Gasteiger partial charge in [-0.3, -0.25) is 19.7 Å². The van der Waals surface area contributed by atoms with Gasteiger partial charge in [-0.05, 0) is 58.7 Å². The molecule has 2 N–H and O–H groups in total. The van der Waals surface area contributed by atoms with E-state index in [0.29, 0.717) is 27.1 Å². The lowest BCUT2D eigenvalue weighted by atomic mass is 10.2. The van der Waals surface area contributed by atoms with Gasteiger partial charge in [0.2, 0.25) is 5.91 Å². The van der Waals surface area contributed by atoms with Crippen molar-refractivity contribution in [2.24, 2.45) is 0 Å². The highest BCUT2D eigenvalue weighted by Crippen LogP contribution is 2.24. The highest BCUT2D eigenvalue weighted by Gasteiger charge is 2.14. The fraction of sp³-hybridized carbons (Fsp3) is 0.105. The molecule has 0 atom stereocenters. The Morgan fingerprint density at radius 3 is 2.85 bits per heavy atom. The molecule has 1 amide bonds. The van der Waals surface area contributed by atoms with Crippen molar-refractivity contribution in [1.82, 2.24) is 14.8 Å². The van der Waals surface area contributed by atoms with Crippen LogP contribution in [0.5, 0.6) is 0 Å². The number of aromatic nitrogens is 3. The van der Waals surface area contributed by atoms with E-state index in [1.807, 2.05) is 25.1 Å². The zero-order valence-corrected chi connectivity index (χ0v) is 16.6. The third-order valence-electron chi connectivity index (χ3n) is 4.25. The first-order valence-electron chi connectivity index (χ1n) is 8.15. The number of halogens is 2. The normalized spacial score (nSPS) is 11.2. The monoisotopic (exact) mass is 444 g/mol. The minimum Gasteiger partial charge on any atom is -0.323 e. The van der Waals surface area contributed by atoms with Crippen LogP contribution in [0.2, 0.25) is 5.02 Å². The van der Waals surface area contributed by atoms with E-state index in [-0.39, 0.29) is 18.0 Å². The molecular weight excluding hydrogens is 432 g/mol. The minimum absolute atomic E-state index is 0.143. The molecule has 136 valence electrons. The van der Waals surface area contributed by atoms with Crippen LogP contribution in [0.25, 0.3) is 21.8 Å². The summed E-state index contributed by atoms with van der Waals surface area (Å²) in [6, 6.07) is 10.9. The maximum absolute atomic E-state index is 12.6. The summed E-state index contributed by atoms with van der Waals surface area (Å²) < 4.78 is 2.05. The number of nitrogens with zero attached hydrogens (tertiary/aromatic N) is 2. The maximum atomic E-state index is 12.6. The van der Waals surface area contributed by atoms with E-state index in [0.717, 1.165) is 15.4 Å². The van der Waals surface area contributed by atoms with Crippen molar-refractivity contribution in [3.63, 3.8) is 0 Å². The van der Waals surface area contributed by atoms with Crippen molar-refractivity contribution < 1.29 is 4.79 Å². The molecule has 0 unspecified atom stereocenters. The second-order valence-corrected chi connectivity index (χ2v) is 7.53. The largest absolute Gasteiger partial charge is 0.323 e. The summed E-state index contributed by atoms with van der Waals surface area (Å²) in [5.74, 6) is -0.316. The summed E-state index contributed by atoms with van der Waals surface area (Å²) in [7, 11) is 0. The maximum Gasteiger partial charge on any atom is 0.276 e. The van der Waals surface area contributed by atoms with Gasteiger partial charge >= 0.3 is 0 Å². The first kappa shape index (κ1) is 17.8. The molecule has 0 radical (unpaired) electrons. The van der Waals surface area contributed by atoms with Gasteiger partial charge in [0.05, 0.1) is 22.1 Å². The van der Waals surface area contributed by atoms with Crippen molar-refractivity contribution in [3.05, 3.63) is 68.0 Å². The number of carbonyl (C=O) groups excluding carboxylic acids is 1.